The van der Waals surface area contributed by atoms with Crippen molar-refractivity contribution in [3.05, 3.63) is 12.2 Å². The standard InChI is InChI=1S/C20H31NO5/c1-4-5-6-11-25-19(23)16-15-8-9-20(26-15)13-21(18(22)17(16)20)10-7-12-24-14(2)3/h8-9,14-17H,4-7,10-13H2,1-3H3/t15-,16+,17+,20+/m1/s1. The van der Waals surface area contributed by atoms with Crippen LogP contribution >= 0.6 is 0 Å². The summed E-state index contributed by atoms with van der Waals surface area (Å²) in [6, 6.07) is 0. The molecule has 0 radical (unpaired) electrons. The molecule has 146 valence electrons. The fraction of sp³-hybridized carbons (Fsp3) is 0.800. The van der Waals surface area contributed by atoms with Crippen LogP contribution in [-0.2, 0) is 23.8 Å². The molecule has 6 nitrogen and oxygen atoms in total. The summed E-state index contributed by atoms with van der Waals surface area (Å²) in [4.78, 5) is 27.4. The first-order valence-electron chi connectivity index (χ1n) is 9.92. The summed E-state index contributed by atoms with van der Waals surface area (Å²) in [7, 11) is 0. The molecule has 0 aromatic heterocycles. The largest absolute Gasteiger partial charge is 0.465 e. The minimum Gasteiger partial charge on any atom is -0.465 e. The number of hydrogen-bond donors (Lipinski definition) is 0. The van der Waals surface area contributed by atoms with E-state index in [1.807, 2.05) is 30.9 Å². The minimum absolute atomic E-state index is 0.0110. The van der Waals surface area contributed by atoms with Crippen molar-refractivity contribution in [2.24, 2.45) is 11.8 Å². The highest BCUT2D eigenvalue weighted by Crippen LogP contribution is 2.52. The molecule has 2 bridgehead atoms. The van der Waals surface area contributed by atoms with Crippen molar-refractivity contribution in [2.75, 3.05) is 26.3 Å². The van der Waals surface area contributed by atoms with Gasteiger partial charge in [-0.15, -0.1) is 0 Å². The molecule has 3 rings (SSSR count). The number of esters is 1. The maximum Gasteiger partial charge on any atom is 0.312 e. The van der Waals surface area contributed by atoms with E-state index in [1.165, 1.54) is 0 Å². The monoisotopic (exact) mass is 365 g/mol. The van der Waals surface area contributed by atoms with Gasteiger partial charge in [0.25, 0.3) is 0 Å². The van der Waals surface area contributed by atoms with Crippen LogP contribution < -0.4 is 0 Å². The number of nitrogens with zero attached hydrogens (tertiary/aromatic N) is 1. The van der Waals surface area contributed by atoms with E-state index in [0.717, 1.165) is 25.7 Å². The Balaban J connectivity index is 1.59. The lowest BCUT2D eigenvalue weighted by atomic mass is 9.77. The third kappa shape index (κ3) is 3.67. The zero-order valence-electron chi connectivity index (χ0n) is 16.1. The lowest BCUT2D eigenvalue weighted by Crippen LogP contribution is -2.40. The highest BCUT2D eigenvalue weighted by atomic mass is 16.6. The maximum atomic E-state index is 13.0. The van der Waals surface area contributed by atoms with Crippen LogP contribution in [0.3, 0.4) is 0 Å². The van der Waals surface area contributed by atoms with Gasteiger partial charge in [-0.3, -0.25) is 9.59 Å². The number of carbonyl (C=O) groups excluding carboxylic acids is 2. The van der Waals surface area contributed by atoms with E-state index in [0.29, 0.717) is 26.3 Å². The van der Waals surface area contributed by atoms with Gasteiger partial charge in [0.05, 0.1) is 31.3 Å². The zero-order chi connectivity index (χ0) is 18.7. The molecular formula is C20H31NO5. The number of carbonyl (C=O) groups is 2. The molecule has 0 saturated carbocycles. The fourth-order valence-electron chi connectivity index (χ4n) is 4.23. The molecular weight excluding hydrogens is 334 g/mol. The molecule has 0 aromatic carbocycles. The van der Waals surface area contributed by atoms with Crippen LogP contribution in [-0.4, -0.2) is 60.9 Å². The van der Waals surface area contributed by atoms with Gasteiger partial charge in [0.15, 0.2) is 0 Å². The molecule has 1 amide bonds. The van der Waals surface area contributed by atoms with Gasteiger partial charge in [0.1, 0.15) is 11.5 Å². The summed E-state index contributed by atoms with van der Waals surface area (Å²) in [5.41, 5.74) is -0.645. The Kier molecular flexibility index (Phi) is 6.03. The minimum atomic E-state index is -0.645. The summed E-state index contributed by atoms with van der Waals surface area (Å²) in [5, 5.41) is 0. The van der Waals surface area contributed by atoms with E-state index in [9.17, 15) is 9.59 Å². The third-order valence-electron chi connectivity index (χ3n) is 5.47. The predicted octanol–water partition coefficient (Wildman–Crippen LogP) is 2.32. The number of amides is 1. The topological polar surface area (TPSA) is 65.1 Å². The van der Waals surface area contributed by atoms with E-state index in [4.69, 9.17) is 14.2 Å². The van der Waals surface area contributed by atoms with Gasteiger partial charge in [-0.25, -0.2) is 0 Å². The van der Waals surface area contributed by atoms with Gasteiger partial charge in [-0.1, -0.05) is 31.9 Å². The lowest BCUT2D eigenvalue weighted by Gasteiger charge is -2.22. The molecule has 0 N–H and O–H groups in total. The lowest BCUT2D eigenvalue weighted by molar-refractivity contribution is -0.154. The molecule has 26 heavy (non-hydrogen) atoms. The fourth-order valence-corrected chi connectivity index (χ4v) is 4.23. The number of fused-ring (bicyclic) bond motifs is 1. The van der Waals surface area contributed by atoms with Crippen LogP contribution in [0.1, 0.15) is 46.5 Å². The molecule has 0 aromatic rings. The quantitative estimate of drug-likeness (QED) is 0.338. The Labute approximate surface area is 155 Å². The first kappa shape index (κ1) is 19.4. The molecule has 4 atom stereocenters. The van der Waals surface area contributed by atoms with Gasteiger partial charge in [-0.2, -0.15) is 0 Å². The van der Waals surface area contributed by atoms with E-state index in [-0.39, 0.29) is 24.1 Å². The smallest absolute Gasteiger partial charge is 0.312 e. The van der Waals surface area contributed by atoms with Gasteiger partial charge in [0.2, 0.25) is 5.91 Å². The first-order chi connectivity index (χ1) is 12.5. The Morgan fingerprint density at radius 2 is 2.15 bits per heavy atom. The van der Waals surface area contributed by atoms with E-state index in [1.54, 1.807) is 0 Å². The molecule has 1 spiro atoms. The van der Waals surface area contributed by atoms with E-state index < -0.39 is 17.4 Å². The van der Waals surface area contributed by atoms with Crippen molar-refractivity contribution in [1.29, 1.82) is 0 Å². The first-order valence-corrected chi connectivity index (χ1v) is 9.92. The second-order valence-electron chi connectivity index (χ2n) is 7.81. The number of ether oxygens (including phenoxy) is 3. The second kappa shape index (κ2) is 8.09. The molecule has 2 fully saturated rings. The van der Waals surface area contributed by atoms with Gasteiger partial charge in [-0.05, 0) is 26.7 Å². The molecule has 0 aliphatic carbocycles. The zero-order valence-corrected chi connectivity index (χ0v) is 16.1. The third-order valence-corrected chi connectivity index (χ3v) is 5.47. The highest BCUT2D eigenvalue weighted by Gasteiger charge is 2.67. The summed E-state index contributed by atoms with van der Waals surface area (Å²) in [6.45, 7) is 8.30. The Bertz CT molecular complexity index is 560. The maximum absolute atomic E-state index is 13.0. The number of likely N-dealkylation sites (tertiary alicyclic amines) is 1. The van der Waals surface area contributed by atoms with Gasteiger partial charge < -0.3 is 19.1 Å². The van der Waals surface area contributed by atoms with Crippen LogP contribution in [0.25, 0.3) is 0 Å². The van der Waals surface area contributed by atoms with Gasteiger partial charge in [0, 0.05) is 13.2 Å². The number of rotatable bonds is 10. The molecule has 3 aliphatic rings. The van der Waals surface area contributed by atoms with E-state index >= 15 is 0 Å². The van der Waals surface area contributed by atoms with Gasteiger partial charge >= 0.3 is 5.97 Å². The molecule has 2 saturated heterocycles. The normalized spacial score (nSPS) is 31.9. The highest BCUT2D eigenvalue weighted by molar-refractivity contribution is 5.91. The van der Waals surface area contributed by atoms with Crippen molar-refractivity contribution < 1.29 is 23.8 Å². The number of hydrogen-bond acceptors (Lipinski definition) is 5. The van der Waals surface area contributed by atoms with Crippen molar-refractivity contribution in [3.8, 4) is 0 Å². The number of unbranched alkanes of at least 4 members (excludes halogenated alkanes) is 2. The summed E-state index contributed by atoms with van der Waals surface area (Å²) < 4.78 is 17.1. The molecule has 6 heteroatoms. The van der Waals surface area contributed by atoms with Crippen LogP contribution in [0.15, 0.2) is 12.2 Å². The van der Waals surface area contributed by atoms with Crippen LogP contribution in [0.4, 0.5) is 0 Å². The predicted molar refractivity (Wildman–Crippen MR) is 96.5 cm³/mol. The average molecular weight is 365 g/mol. The van der Waals surface area contributed by atoms with Crippen molar-refractivity contribution in [3.63, 3.8) is 0 Å². The van der Waals surface area contributed by atoms with Crippen LogP contribution in [0.2, 0.25) is 0 Å². The van der Waals surface area contributed by atoms with Crippen LogP contribution in [0.5, 0.6) is 0 Å². The second-order valence-corrected chi connectivity index (χ2v) is 7.81. The molecule has 0 unspecified atom stereocenters. The van der Waals surface area contributed by atoms with Crippen molar-refractivity contribution >= 4 is 11.9 Å². The Hall–Kier alpha value is -1.40. The summed E-state index contributed by atoms with van der Waals surface area (Å²) >= 11 is 0. The molecule has 3 aliphatic heterocycles. The molecule has 3 heterocycles. The SMILES string of the molecule is CCCCCOC(=O)[C@@H]1[C@H]2C(=O)N(CCCOC(C)C)C[C@@]23C=C[C@H]1O3. The van der Waals surface area contributed by atoms with Crippen LogP contribution in [0, 0.1) is 11.8 Å². The Morgan fingerprint density at radius 1 is 1.35 bits per heavy atom. The summed E-state index contributed by atoms with van der Waals surface area (Å²) in [5.74, 6) is -1.23. The Morgan fingerprint density at radius 3 is 2.88 bits per heavy atom. The summed E-state index contributed by atoms with van der Waals surface area (Å²) in [6.07, 6.45) is 7.53. The average Bonchev–Trinajstić information content (AvgIpc) is 3.24. The van der Waals surface area contributed by atoms with Crippen molar-refractivity contribution in [2.45, 2.75) is 64.3 Å². The van der Waals surface area contributed by atoms with E-state index in [2.05, 4.69) is 6.92 Å². The van der Waals surface area contributed by atoms with Crippen molar-refractivity contribution in [1.82, 2.24) is 4.90 Å².